The summed E-state index contributed by atoms with van der Waals surface area (Å²) in [7, 11) is 0. The van der Waals surface area contributed by atoms with E-state index in [1.165, 1.54) is 16.9 Å². The number of anilines is 1. The molecule has 2 aliphatic carbocycles. The molecule has 1 spiro atoms. The monoisotopic (exact) mass is 469 g/mol. The molecule has 1 N–H and O–H groups in total. The summed E-state index contributed by atoms with van der Waals surface area (Å²) in [5.74, 6) is 5.51. The van der Waals surface area contributed by atoms with Crippen molar-refractivity contribution < 1.29 is 19.4 Å². The number of carboxylic acid groups (broad SMARTS) is 1. The SMILES string of the molecule is CC1=CC[C@H](C(=O)N(c2cc(C#CC(C)(C)C)sc2C(=O)O)[C@H]2CC[C@@]3(CC2)CO3)[C@@H](C)C1. The van der Waals surface area contributed by atoms with E-state index in [2.05, 4.69) is 31.8 Å². The van der Waals surface area contributed by atoms with Crippen LogP contribution in [0.2, 0.25) is 0 Å². The summed E-state index contributed by atoms with van der Waals surface area (Å²) in [6.45, 7) is 11.1. The van der Waals surface area contributed by atoms with E-state index < -0.39 is 5.97 Å². The van der Waals surface area contributed by atoms with Gasteiger partial charge in [0.2, 0.25) is 5.91 Å². The number of nitrogens with zero attached hydrogens (tertiary/aromatic N) is 1. The molecule has 1 aromatic heterocycles. The Hall–Kier alpha value is -2.10. The van der Waals surface area contributed by atoms with Crippen LogP contribution in [-0.2, 0) is 9.53 Å². The van der Waals surface area contributed by atoms with Gasteiger partial charge in [0, 0.05) is 17.4 Å². The number of hydrogen-bond donors (Lipinski definition) is 1. The summed E-state index contributed by atoms with van der Waals surface area (Å²) >= 11 is 1.17. The molecule has 1 saturated carbocycles. The van der Waals surface area contributed by atoms with Crippen molar-refractivity contribution in [3.8, 4) is 11.8 Å². The van der Waals surface area contributed by atoms with Gasteiger partial charge in [0.05, 0.1) is 22.8 Å². The third kappa shape index (κ3) is 5.36. The fourth-order valence-electron chi connectivity index (χ4n) is 5.11. The van der Waals surface area contributed by atoms with Crippen molar-refractivity contribution in [2.45, 2.75) is 84.8 Å². The number of aromatic carboxylic acids is 1. The molecule has 33 heavy (non-hydrogen) atoms. The van der Waals surface area contributed by atoms with Crippen molar-refractivity contribution in [2.75, 3.05) is 11.5 Å². The minimum Gasteiger partial charge on any atom is -0.477 e. The average molecular weight is 470 g/mol. The fraction of sp³-hybridized carbons (Fsp3) is 0.630. The molecule has 178 valence electrons. The van der Waals surface area contributed by atoms with Gasteiger partial charge in [-0.2, -0.15) is 0 Å². The number of hydrogen-bond acceptors (Lipinski definition) is 4. The van der Waals surface area contributed by atoms with Gasteiger partial charge in [-0.05, 0) is 78.2 Å². The smallest absolute Gasteiger partial charge is 0.348 e. The van der Waals surface area contributed by atoms with Gasteiger partial charge in [-0.1, -0.05) is 30.4 Å². The maximum atomic E-state index is 14.0. The van der Waals surface area contributed by atoms with Crippen LogP contribution in [0.25, 0.3) is 0 Å². The van der Waals surface area contributed by atoms with Crippen LogP contribution in [0.1, 0.15) is 87.7 Å². The van der Waals surface area contributed by atoms with Crippen molar-refractivity contribution in [2.24, 2.45) is 17.3 Å². The predicted molar refractivity (Wildman–Crippen MR) is 132 cm³/mol. The molecule has 2 atom stereocenters. The molecule has 5 nitrogen and oxygen atoms in total. The Morgan fingerprint density at radius 1 is 1.27 bits per heavy atom. The Balaban J connectivity index is 1.72. The minimum absolute atomic E-state index is 0.0107. The molecular formula is C27H35NO4S. The summed E-state index contributed by atoms with van der Waals surface area (Å²) in [5, 5.41) is 10.0. The van der Waals surface area contributed by atoms with Crippen LogP contribution < -0.4 is 4.90 Å². The highest BCUT2D eigenvalue weighted by Gasteiger charge is 2.49. The average Bonchev–Trinajstić information content (AvgIpc) is 3.34. The lowest BCUT2D eigenvalue weighted by Gasteiger charge is -2.39. The molecule has 0 bridgehead atoms. The molecule has 2 fully saturated rings. The molecule has 1 aliphatic heterocycles. The maximum absolute atomic E-state index is 14.0. The van der Waals surface area contributed by atoms with Crippen LogP contribution in [0.4, 0.5) is 5.69 Å². The number of carboxylic acids is 1. The number of carbonyl (C=O) groups excluding carboxylic acids is 1. The van der Waals surface area contributed by atoms with E-state index in [4.69, 9.17) is 4.74 Å². The van der Waals surface area contributed by atoms with Gasteiger partial charge in [-0.15, -0.1) is 11.3 Å². The minimum atomic E-state index is -0.998. The number of amides is 1. The number of rotatable bonds is 4. The topological polar surface area (TPSA) is 70.1 Å². The number of thiophene rings is 1. The second-order valence-corrected chi connectivity index (χ2v) is 12.2. The van der Waals surface area contributed by atoms with Crippen molar-refractivity contribution in [3.05, 3.63) is 27.5 Å². The van der Waals surface area contributed by atoms with Gasteiger partial charge < -0.3 is 14.7 Å². The summed E-state index contributed by atoms with van der Waals surface area (Å²) in [5.41, 5.74) is 1.67. The quantitative estimate of drug-likeness (QED) is 0.340. The second-order valence-electron chi connectivity index (χ2n) is 11.1. The summed E-state index contributed by atoms with van der Waals surface area (Å²) < 4.78 is 5.68. The maximum Gasteiger partial charge on any atom is 0.348 e. The van der Waals surface area contributed by atoms with E-state index in [1.807, 2.05) is 31.7 Å². The first kappa shape index (κ1) is 24.0. The highest BCUT2D eigenvalue weighted by Crippen LogP contribution is 2.45. The van der Waals surface area contributed by atoms with Crippen LogP contribution in [0.5, 0.6) is 0 Å². The molecule has 0 unspecified atom stereocenters. The van der Waals surface area contributed by atoms with E-state index >= 15 is 0 Å². The Bertz CT molecular complexity index is 1020. The van der Waals surface area contributed by atoms with E-state index in [0.717, 1.165) is 38.7 Å². The lowest BCUT2D eigenvalue weighted by Crippen LogP contribution is -2.48. The number of carbonyl (C=O) groups is 2. The number of ether oxygens (including phenoxy) is 1. The van der Waals surface area contributed by atoms with Crippen molar-refractivity contribution in [1.82, 2.24) is 0 Å². The number of epoxide rings is 1. The Morgan fingerprint density at radius 3 is 2.48 bits per heavy atom. The Morgan fingerprint density at radius 2 is 1.94 bits per heavy atom. The van der Waals surface area contributed by atoms with Crippen molar-refractivity contribution in [3.63, 3.8) is 0 Å². The van der Waals surface area contributed by atoms with Crippen LogP contribution in [0, 0.1) is 29.1 Å². The molecule has 3 aliphatic rings. The molecule has 1 saturated heterocycles. The lowest BCUT2D eigenvalue weighted by molar-refractivity contribution is -0.124. The van der Waals surface area contributed by atoms with Gasteiger partial charge in [0.15, 0.2) is 0 Å². The highest BCUT2D eigenvalue weighted by molar-refractivity contribution is 7.15. The van der Waals surface area contributed by atoms with Crippen LogP contribution >= 0.6 is 11.3 Å². The van der Waals surface area contributed by atoms with Gasteiger partial charge in [0.25, 0.3) is 0 Å². The van der Waals surface area contributed by atoms with E-state index in [-0.39, 0.29) is 39.7 Å². The van der Waals surface area contributed by atoms with Gasteiger partial charge in [-0.25, -0.2) is 4.79 Å². The van der Waals surface area contributed by atoms with E-state index in [1.54, 1.807) is 0 Å². The first-order valence-corrected chi connectivity index (χ1v) is 12.8. The molecule has 1 amide bonds. The molecule has 0 radical (unpaired) electrons. The summed E-state index contributed by atoms with van der Waals surface area (Å²) in [6, 6.07) is 1.82. The molecule has 1 aromatic rings. The fourth-order valence-corrected chi connectivity index (χ4v) is 5.96. The van der Waals surface area contributed by atoms with Gasteiger partial charge in [-0.3, -0.25) is 4.79 Å². The van der Waals surface area contributed by atoms with Crippen molar-refractivity contribution in [1.29, 1.82) is 0 Å². The summed E-state index contributed by atoms with van der Waals surface area (Å²) in [6.07, 6.45) is 7.29. The lowest BCUT2D eigenvalue weighted by atomic mass is 9.79. The predicted octanol–water partition coefficient (Wildman–Crippen LogP) is 5.88. The van der Waals surface area contributed by atoms with E-state index in [0.29, 0.717) is 17.0 Å². The van der Waals surface area contributed by atoms with E-state index in [9.17, 15) is 14.7 Å². The zero-order valence-electron chi connectivity index (χ0n) is 20.4. The Kier molecular flexibility index (Phi) is 6.50. The summed E-state index contributed by atoms with van der Waals surface area (Å²) in [4.78, 5) is 29.0. The highest BCUT2D eigenvalue weighted by atomic mass is 32.1. The van der Waals surface area contributed by atoms with Crippen LogP contribution in [-0.4, -0.2) is 35.2 Å². The molecule has 4 rings (SSSR count). The van der Waals surface area contributed by atoms with Gasteiger partial charge >= 0.3 is 5.97 Å². The standard InChI is InChI=1S/C27H35NO4S/c1-17-6-7-21(18(2)14-17)24(29)28(19-8-12-27(13-9-19)16-32-27)22-15-20(10-11-26(3,4)5)33-23(22)25(30)31/h6,15,18-19,21H,7-9,12-14,16H2,1-5H3,(H,30,31)/t18-,19-,21-,27+/m0/s1. The van der Waals surface area contributed by atoms with Crippen LogP contribution in [0.3, 0.4) is 0 Å². The normalized spacial score (nSPS) is 29.1. The largest absolute Gasteiger partial charge is 0.477 e. The number of allylic oxidation sites excluding steroid dienone is 2. The Labute approximate surface area is 201 Å². The molecule has 6 heteroatoms. The molecule has 2 heterocycles. The van der Waals surface area contributed by atoms with Gasteiger partial charge in [0.1, 0.15) is 4.88 Å². The first-order valence-electron chi connectivity index (χ1n) is 12.0. The molecule has 0 aromatic carbocycles. The zero-order chi connectivity index (χ0) is 24.0. The zero-order valence-corrected chi connectivity index (χ0v) is 21.2. The van der Waals surface area contributed by atoms with Crippen molar-refractivity contribution >= 4 is 28.9 Å². The first-order chi connectivity index (χ1) is 15.5. The second kappa shape index (κ2) is 8.92. The van der Waals surface area contributed by atoms with Crippen LogP contribution in [0.15, 0.2) is 17.7 Å². The third-order valence-electron chi connectivity index (χ3n) is 7.12. The third-order valence-corrected chi connectivity index (χ3v) is 8.14. The molecular weight excluding hydrogens is 434 g/mol.